The molecule has 0 bridgehead atoms. The monoisotopic (exact) mass is 614 g/mol. The van der Waals surface area contributed by atoms with E-state index >= 15 is 0 Å². The van der Waals surface area contributed by atoms with Crippen LogP contribution in [0.2, 0.25) is 0 Å². The number of esters is 2. The Bertz CT molecular complexity index is 1110. The van der Waals surface area contributed by atoms with Crippen LogP contribution in [0.15, 0.2) is 27.2 Å². The normalized spacial score (nSPS) is 17.3. The zero-order valence-electron chi connectivity index (χ0n) is 21.0. The molecule has 0 amide bonds. The van der Waals surface area contributed by atoms with Crippen LogP contribution in [0.4, 0.5) is 8.78 Å². The van der Waals surface area contributed by atoms with Crippen molar-refractivity contribution in [1.29, 1.82) is 0 Å². The SMILES string of the molecule is COC(=O)c1nc(Br)c(F)cc1CCC1CCO1.COC(=O)c1ncc(F)cc1CCC1CCO1.[B]=NS. The summed E-state index contributed by atoms with van der Waals surface area (Å²) < 4.78 is 49.1. The molecule has 38 heavy (non-hydrogen) atoms. The molecule has 2 aliphatic rings. The maximum atomic E-state index is 13.5. The van der Waals surface area contributed by atoms with E-state index in [1.165, 1.54) is 26.4 Å². The van der Waals surface area contributed by atoms with E-state index in [1.807, 2.05) is 0 Å². The number of methoxy groups -OCH3 is 2. The van der Waals surface area contributed by atoms with Gasteiger partial charge in [0, 0.05) is 13.2 Å². The van der Waals surface area contributed by atoms with Gasteiger partial charge in [0.1, 0.15) is 10.4 Å². The number of aromatic nitrogens is 2. The summed E-state index contributed by atoms with van der Waals surface area (Å²) in [7, 11) is 6.90. The molecule has 1 radical (unpaired) electrons. The quantitative estimate of drug-likeness (QED) is 0.202. The summed E-state index contributed by atoms with van der Waals surface area (Å²) in [6, 6.07) is 2.65. The molecule has 14 heteroatoms. The van der Waals surface area contributed by atoms with Crippen molar-refractivity contribution in [3.8, 4) is 0 Å². The third kappa shape index (κ3) is 9.79. The number of hydrogen-bond acceptors (Lipinski definition) is 10. The van der Waals surface area contributed by atoms with Crippen LogP contribution in [0.3, 0.4) is 0 Å². The first-order chi connectivity index (χ1) is 18.2. The molecule has 2 atom stereocenters. The Hall–Kier alpha value is -2.29. The Balaban J connectivity index is 0.000000242. The summed E-state index contributed by atoms with van der Waals surface area (Å²) >= 11 is 6.16. The van der Waals surface area contributed by atoms with Crippen molar-refractivity contribution in [3.05, 3.63) is 57.1 Å². The van der Waals surface area contributed by atoms with E-state index in [0.717, 1.165) is 45.1 Å². The number of halogens is 3. The summed E-state index contributed by atoms with van der Waals surface area (Å²) in [5.74, 6) is -2.01. The van der Waals surface area contributed by atoms with E-state index in [2.05, 4.69) is 60.1 Å². The van der Waals surface area contributed by atoms with E-state index < -0.39 is 23.6 Å². The average molecular weight is 615 g/mol. The minimum atomic E-state index is -0.555. The number of pyridine rings is 2. The summed E-state index contributed by atoms with van der Waals surface area (Å²) in [4.78, 5) is 30.7. The molecule has 2 aromatic heterocycles. The molecule has 0 aliphatic carbocycles. The van der Waals surface area contributed by atoms with E-state index in [1.54, 1.807) is 0 Å². The van der Waals surface area contributed by atoms with Crippen LogP contribution in [0.5, 0.6) is 0 Å². The fraction of sp³-hybridized carbons (Fsp3) is 0.500. The van der Waals surface area contributed by atoms with Crippen LogP contribution in [0.25, 0.3) is 0 Å². The van der Waals surface area contributed by atoms with Crippen molar-refractivity contribution in [2.45, 2.75) is 50.7 Å². The predicted octanol–water partition coefficient (Wildman–Crippen LogP) is 4.40. The Labute approximate surface area is 234 Å². The van der Waals surface area contributed by atoms with Crippen LogP contribution in [-0.2, 0) is 31.8 Å². The number of aryl methyl sites for hydroxylation is 2. The van der Waals surface area contributed by atoms with Crippen molar-refractivity contribution in [3.63, 3.8) is 0 Å². The second kappa shape index (κ2) is 16.6. The standard InChI is InChI=1S/C12H13BrFNO3.C12H14FNO3.BHNS/c1-17-12(16)10-7(2-3-8-4-5-18-8)6-9(14)11(13)15-10;1-16-12(15)11-8(6-9(13)7-14-11)2-3-10-4-5-17-10;1-2-3/h6,8H,2-5H2,1H3;6-7,10H,2-5H2,1H3;3H. The molecule has 205 valence electrons. The Morgan fingerprint density at radius 2 is 1.53 bits per heavy atom. The second-order valence-corrected chi connectivity index (χ2v) is 9.15. The summed E-state index contributed by atoms with van der Waals surface area (Å²) in [6.45, 7) is 1.57. The number of carbonyl (C=O) groups is 2. The van der Waals surface area contributed by atoms with Gasteiger partial charge in [-0.15, -0.1) is 0 Å². The number of carbonyl (C=O) groups excluding carboxylic acids is 2. The van der Waals surface area contributed by atoms with Gasteiger partial charge in [0.05, 0.1) is 32.6 Å². The van der Waals surface area contributed by atoms with Gasteiger partial charge < -0.3 is 18.9 Å². The van der Waals surface area contributed by atoms with E-state index in [9.17, 15) is 18.4 Å². The van der Waals surface area contributed by atoms with Gasteiger partial charge in [0.15, 0.2) is 17.2 Å². The zero-order valence-corrected chi connectivity index (χ0v) is 23.5. The summed E-state index contributed by atoms with van der Waals surface area (Å²) in [5.41, 5.74) is 1.48. The van der Waals surface area contributed by atoms with Crippen LogP contribution in [-0.4, -0.2) is 69.2 Å². The molecule has 0 N–H and O–H groups in total. The van der Waals surface area contributed by atoms with E-state index in [4.69, 9.17) is 9.47 Å². The van der Waals surface area contributed by atoms with Gasteiger partial charge in [0.2, 0.25) is 0 Å². The van der Waals surface area contributed by atoms with Gasteiger partial charge in [-0.1, -0.05) is 0 Å². The minimum absolute atomic E-state index is 0.0199. The Morgan fingerprint density at radius 1 is 1.05 bits per heavy atom. The molecule has 2 fully saturated rings. The number of rotatable bonds is 8. The van der Waals surface area contributed by atoms with Crippen LogP contribution in [0, 0.1) is 11.6 Å². The van der Waals surface area contributed by atoms with Gasteiger partial charge in [-0.05, 0) is 77.7 Å². The number of hydrogen-bond donors (Lipinski definition) is 1. The van der Waals surface area contributed by atoms with Gasteiger partial charge in [0.25, 0.3) is 0 Å². The molecule has 9 nitrogen and oxygen atoms in total. The van der Waals surface area contributed by atoms with Gasteiger partial charge >= 0.3 is 36.7 Å². The molecular formula is C24H28BBrF2N3O6S. The van der Waals surface area contributed by atoms with Crippen molar-refractivity contribution >= 4 is 48.3 Å². The molecule has 2 unspecified atom stereocenters. The fourth-order valence-corrected chi connectivity index (χ4v) is 3.87. The van der Waals surface area contributed by atoms with Crippen LogP contribution in [0.1, 0.15) is 57.8 Å². The average Bonchev–Trinajstić information content (AvgIpc) is 2.84. The first-order valence-electron chi connectivity index (χ1n) is 11.7. The topological polar surface area (TPSA) is 109 Å². The molecule has 2 aliphatic heterocycles. The zero-order chi connectivity index (χ0) is 28.1. The van der Waals surface area contributed by atoms with Crippen molar-refractivity contribution in [2.75, 3.05) is 27.4 Å². The maximum absolute atomic E-state index is 13.5. The van der Waals surface area contributed by atoms with Gasteiger partial charge in [-0.25, -0.2) is 28.3 Å². The first-order valence-corrected chi connectivity index (χ1v) is 12.9. The third-order valence-electron chi connectivity index (χ3n) is 5.76. The third-order valence-corrected chi connectivity index (χ3v) is 6.32. The van der Waals surface area contributed by atoms with Crippen LogP contribution >= 0.6 is 28.7 Å². The molecular weight excluding hydrogens is 587 g/mol. The summed E-state index contributed by atoms with van der Waals surface area (Å²) in [5, 5.41) is 0. The summed E-state index contributed by atoms with van der Waals surface area (Å²) in [6.07, 6.45) is 6.14. The van der Waals surface area contributed by atoms with E-state index in [0.29, 0.717) is 24.0 Å². The Kier molecular flexibility index (Phi) is 14.0. The molecule has 0 aromatic carbocycles. The van der Waals surface area contributed by atoms with Crippen LogP contribution < -0.4 is 0 Å². The second-order valence-electron chi connectivity index (χ2n) is 8.17. The molecule has 0 spiro atoms. The molecule has 2 aromatic rings. The van der Waals surface area contributed by atoms with E-state index in [-0.39, 0.29) is 28.2 Å². The molecule has 4 heterocycles. The predicted molar refractivity (Wildman–Crippen MR) is 141 cm³/mol. The molecule has 4 rings (SSSR count). The fourth-order valence-electron chi connectivity index (χ4n) is 3.58. The van der Waals surface area contributed by atoms with Gasteiger partial charge in [-0.3, -0.25) is 0 Å². The number of ether oxygens (including phenoxy) is 4. The number of nitrogens with zero attached hydrogens (tertiary/aromatic N) is 3. The van der Waals surface area contributed by atoms with Crippen molar-refractivity contribution in [1.82, 2.24) is 9.97 Å². The molecule has 2 saturated heterocycles. The first kappa shape index (κ1) is 31.9. The van der Waals surface area contributed by atoms with Crippen molar-refractivity contribution < 1.29 is 37.3 Å². The number of thiol groups is 1. The Morgan fingerprint density at radius 3 is 1.97 bits per heavy atom. The van der Waals surface area contributed by atoms with Gasteiger partial charge in [-0.2, -0.15) is 0 Å². The molecule has 0 saturated carbocycles. The van der Waals surface area contributed by atoms with Crippen molar-refractivity contribution in [2.24, 2.45) is 4.30 Å².